The number of amides is 1. The molecule has 0 bridgehead atoms. The van der Waals surface area contributed by atoms with Crippen LogP contribution in [0.3, 0.4) is 0 Å². The summed E-state index contributed by atoms with van der Waals surface area (Å²) in [5.74, 6) is 0. The van der Waals surface area contributed by atoms with Crippen LogP contribution in [0.15, 0.2) is 18.7 Å². The molecule has 0 aromatic carbocycles. The number of aromatic nitrogens is 2. The molecule has 2 heterocycles. The Morgan fingerprint density at radius 3 is 2.36 bits per heavy atom. The van der Waals surface area contributed by atoms with Gasteiger partial charge in [0.15, 0.2) is 5.11 Å². The maximum Gasteiger partial charge on any atom is 0.410 e. The van der Waals surface area contributed by atoms with Crippen LogP contribution in [-0.4, -0.2) is 61.3 Å². The van der Waals surface area contributed by atoms with Crippen LogP contribution in [0.25, 0.3) is 0 Å². The van der Waals surface area contributed by atoms with Gasteiger partial charge in [-0.15, -0.1) is 0 Å². The first-order valence-corrected chi connectivity index (χ1v) is 7.88. The second-order valence-corrected chi connectivity index (χ2v) is 7.10. The molecular formula is C15H24N4O2S. The van der Waals surface area contributed by atoms with Crippen molar-refractivity contribution >= 4 is 23.4 Å². The number of rotatable bonds is 0. The molecule has 1 aromatic heterocycles. The van der Waals surface area contributed by atoms with Crippen molar-refractivity contribution in [3.05, 3.63) is 18.7 Å². The number of nitrogens with zero attached hydrogens (tertiary/aromatic N) is 4. The van der Waals surface area contributed by atoms with E-state index < -0.39 is 5.60 Å². The number of hydrogen-bond donors (Lipinski definition) is 0. The van der Waals surface area contributed by atoms with Crippen molar-refractivity contribution in [2.24, 2.45) is 0 Å². The number of hydrogen-bond acceptors (Lipinski definition) is 4. The summed E-state index contributed by atoms with van der Waals surface area (Å²) in [6.45, 7) is 11.0. The average Bonchev–Trinajstić information content (AvgIpc) is 2.92. The minimum atomic E-state index is -0.483. The summed E-state index contributed by atoms with van der Waals surface area (Å²) in [6, 6.07) is 0.158. The molecule has 122 valence electrons. The lowest BCUT2D eigenvalue weighted by Crippen LogP contribution is -2.60. The highest BCUT2D eigenvalue weighted by Gasteiger charge is 2.35. The van der Waals surface area contributed by atoms with Crippen LogP contribution in [-0.2, 0) is 4.74 Å². The maximum absolute atomic E-state index is 12.3. The van der Waals surface area contributed by atoms with Crippen LogP contribution in [0.5, 0.6) is 0 Å². The monoisotopic (exact) mass is 324 g/mol. The highest BCUT2D eigenvalue weighted by molar-refractivity contribution is 7.80. The fourth-order valence-electron chi connectivity index (χ4n) is 2.49. The van der Waals surface area contributed by atoms with Crippen molar-refractivity contribution in [2.75, 3.05) is 13.1 Å². The molecule has 1 aliphatic heterocycles. The normalized spacial score (nSPS) is 22.6. The van der Waals surface area contributed by atoms with E-state index >= 15 is 0 Å². The molecule has 1 saturated heterocycles. The molecule has 0 spiro atoms. The Labute approximate surface area is 137 Å². The largest absolute Gasteiger partial charge is 0.444 e. The minimum Gasteiger partial charge on any atom is -0.444 e. The Morgan fingerprint density at radius 2 is 1.82 bits per heavy atom. The first-order valence-electron chi connectivity index (χ1n) is 7.47. The van der Waals surface area contributed by atoms with E-state index in [4.69, 9.17) is 17.0 Å². The number of carbonyl (C=O) groups is 1. The van der Waals surface area contributed by atoms with Crippen LogP contribution >= 0.6 is 12.2 Å². The Hall–Kier alpha value is -1.63. The van der Waals surface area contributed by atoms with Crippen LogP contribution in [0, 0.1) is 0 Å². The van der Waals surface area contributed by atoms with Crippen molar-refractivity contribution in [2.45, 2.75) is 52.3 Å². The van der Waals surface area contributed by atoms with Crippen LogP contribution in [0.1, 0.15) is 34.6 Å². The number of piperazine rings is 1. The standard InChI is InChI=1S/C15H24N4O2S/c1-11-9-19(14(20)21-15(3,4)5)12(2)8-18(11)13(22)17-7-6-16-10-17/h6-7,10-12H,8-9H2,1-5H3/t11-,12-/m1/s1. The molecule has 1 fully saturated rings. The lowest BCUT2D eigenvalue weighted by Gasteiger charge is -2.45. The van der Waals surface area contributed by atoms with Gasteiger partial charge in [0.05, 0.1) is 0 Å². The van der Waals surface area contributed by atoms with Gasteiger partial charge in [0.25, 0.3) is 0 Å². The third-order valence-corrected chi connectivity index (χ3v) is 4.03. The molecule has 0 saturated carbocycles. The Morgan fingerprint density at radius 1 is 1.23 bits per heavy atom. The fraction of sp³-hybridized carbons (Fsp3) is 0.667. The van der Waals surface area contributed by atoms with Crippen molar-refractivity contribution < 1.29 is 9.53 Å². The second-order valence-electron chi connectivity index (χ2n) is 6.74. The van der Waals surface area contributed by atoms with Gasteiger partial charge >= 0.3 is 6.09 Å². The highest BCUT2D eigenvalue weighted by atomic mass is 32.1. The predicted molar refractivity (Wildman–Crippen MR) is 88.8 cm³/mol. The number of carbonyl (C=O) groups excluding carboxylic acids is 1. The molecule has 1 aliphatic rings. The van der Waals surface area contributed by atoms with Gasteiger partial charge < -0.3 is 14.5 Å². The Kier molecular flexibility index (Phi) is 4.75. The number of ether oxygens (including phenoxy) is 1. The average molecular weight is 324 g/mol. The van der Waals surface area contributed by atoms with E-state index in [1.54, 1.807) is 17.4 Å². The van der Waals surface area contributed by atoms with Gasteiger partial charge in [-0.3, -0.25) is 4.57 Å². The van der Waals surface area contributed by atoms with E-state index in [1.165, 1.54) is 0 Å². The smallest absolute Gasteiger partial charge is 0.410 e. The molecule has 0 unspecified atom stereocenters. The Balaban J connectivity index is 2.05. The third-order valence-electron chi connectivity index (χ3n) is 3.58. The third kappa shape index (κ3) is 3.76. The molecule has 1 aromatic rings. The summed E-state index contributed by atoms with van der Waals surface area (Å²) in [5, 5.41) is 0.709. The molecule has 1 amide bonds. The summed E-state index contributed by atoms with van der Waals surface area (Å²) < 4.78 is 7.31. The molecule has 0 radical (unpaired) electrons. The molecule has 2 rings (SSSR count). The summed E-state index contributed by atoms with van der Waals surface area (Å²) in [4.78, 5) is 20.3. The quantitative estimate of drug-likeness (QED) is 0.686. The molecular weight excluding hydrogens is 300 g/mol. The van der Waals surface area contributed by atoms with Gasteiger partial charge in [0.2, 0.25) is 0 Å². The summed E-state index contributed by atoms with van der Waals surface area (Å²) in [7, 11) is 0. The van der Waals surface area contributed by atoms with Gasteiger partial charge in [-0.2, -0.15) is 0 Å². The van der Waals surface area contributed by atoms with E-state index in [0.717, 1.165) is 0 Å². The van der Waals surface area contributed by atoms with Crippen LogP contribution in [0.2, 0.25) is 0 Å². The summed E-state index contributed by atoms with van der Waals surface area (Å²) in [6.07, 6.45) is 4.97. The lowest BCUT2D eigenvalue weighted by atomic mass is 10.1. The van der Waals surface area contributed by atoms with Crippen molar-refractivity contribution in [3.63, 3.8) is 0 Å². The van der Waals surface area contributed by atoms with E-state index in [-0.39, 0.29) is 18.2 Å². The van der Waals surface area contributed by atoms with Crippen LogP contribution in [0.4, 0.5) is 4.79 Å². The molecule has 6 nitrogen and oxygen atoms in total. The van der Waals surface area contributed by atoms with Gasteiger partial charge in [-0.25, -0.2) is 9.78 Å². The van der Waals surface area contributed by atoms with Crippen LogP contribution < -0.4 is 0 Å². The maximum atomic E-state index is 12.3. The second kappa shape index (κ2) is 6.24. The van der Waals surface area contributed by atoms with Gasteiger partial charge in [0, 0.05) is 37.6 Å². The van der Waals surface area contributed by atoms with Gasteiger partial charge in [-0.1, -0.05) is 0 Å². The highest BCUT2D eigenvalue weighted by Crippen LogP contribution is 2.19. The molecule has 2 atom stereocenters. The van der Waals surface area contributed by atoms with E-state index in [1.807, 2.05) is 38.5 Å². The lowest BCUT2D eigenvalue weighted by molar-refractivity contribution is 0.000392. The molecule has 7 heteroatoms. The zero-order valence-electron chi connectivity index (χ0n) is 13.8. The molecule has 0 N–H and O–H groups in total. The van der Waals surface area contributed by atoms with Crippen molar-refractivity contribution in [1.29, 1.82) is 0 Å². The number of imidazole rings is 1. The zero-order valence-corrected chi connectivity index (χ0v) is 14.6. The van der Waals surface area contributed by atoms with Gasteiger partial charge in [-0.05, 0) is 46.8 Å². The molecule has 22 heavy (non-hydrogen) atoms. The predicted octanol–water partition coefficient (Wildman–Crippen LogP) is 2.35. The molecule has 0 aliphatic carbocycles. The minimum absolute atomic E-state index is 0.0347. The zero-order chi connectivity index (χ0) is 16.5. The Bertz CT molecular complexity index is 538. The SMILES string of the molecule is C[C@@H]1CN(C(=S)n2ccnc2)[C@H](C)CN1C(=O)OC(C)(C)C. The summed E-state index contributed by atoms with van der Waals surface area (Å²) in [5.41, 5.74) is -0.483. The first-order chi connectivity index (χ1) is 10.2. The fourth-order valence-corrected chi connectivity index (χ4v) is 2.85. The van der Waals surface area contributed by atoms with E-state index in [0.29, 0.717) is 18.2 Å². The topological polar surface area (TPSA) is 50.6 Å². The van der Waals surface area contributed by atoms with Crippen molar-refractivity contribution in [3.8, 4) is 0 Å². The van der Waals surface area contributed by atoms with E-state index in [2.05, 4.69) is 16.8 Å². The summed E-state index contributed by atoms with van der Waals surface area (Å²) >= 11 is 5.53. The van der Waals surface area contributed by atoms with Gasteiger partial charge in [0.1, 0.15) is 11.9 Å². The van der Waals surface area contributed by atoms with Crippen molar-refractivity contribution in [1.82, 2.24) is 19.4 Å². The van der Waals surface area contributed by atoms with E-state index in [9.17, 15) is 4.79 Å². The number of thiocarbonyl (C=S) groups is 1. The first kappa shape index (κ1) is 16.7.